The Morgan fingerprint density at radius 3 is 2.33 bits per heavy atom. The minimum atomic E-state index is -2.94. The van der Waals surface area contributed by atoms with Crippen LogP contribution in [0.4, 0.5) is 0 Å². The van der Waals surface area contributed by atoms with Gasteiger partial charge in [0.05, 0.1) is 5.25 Å². The number of hydrogen-bond acceptors (Lipinski definition) is 3. The van der Waals surface area contributed by atoms with E-state index in [2.05, 4.69) is 13.8 Å². The van der Waals surface area contributed by atoms with E-state index in [1.54, 1.807) is 6.92 Å². The van der Waals surface area contributed by atoms with Crippen molar-refractivity contribution < 1.29 is 8.42 Å². The van der Waals surface area contributed by atoms with Gasteiger partial charge >= 0.3 is 0 Å². The molecule has 0 heterocycles. The fourth-order valence-electron chi connectivity index (χ4n) is 2.48. The lowest BCUT2D eigenvalue weighted by molar-refractivity contribution is 0.256. The third-order valence-corrected chi connectivity index (χ3v) is 5.99. The van der Waals surface area contributed by atoms with Crippen molar-refractivity contribution in [3.63, 3.8) is 0 Å². The summed E-state index contributed by atoms with van der Waals surface area (Å²) in [5.41, 5.74) is 5.99. The Morgan fingerprint density at radius 1 is 1.33 bits per heavy atom. The molecule has 0 aromatic heterocycles. The van der Waals surface area contributed by atoms with Gasteiger partial charge in [-0.25, -0.2) is 8.42 Å². The molecular weight excluding hydrogens is 210 g/mol. The van der Waals surface area contributed by atoms with Gasteiger partial charge in [-0.15, -0.1) is 0 Å². The molecule has 0 aliphatic heterocycles. The minimum Gasteiger partial charge on any atom is -0.327 e. The molecule has 1 rings (SSSR count). The summed E-state index contributed by atoms with van der Waals surface area (Å²) in [6, 6.07) is -0.156. The standard InChI is InChI=1S/C11H23NO2S/c1-4-15(13,14)11-6-5-9(8(2)3)7-10(11)12/h8-11H,4-7,12H2,1-3H3. The van der Waals surface area contributed by atoms with Gasteiger partial charge < -0.3 is 5.73 Å². The van der Waals surface area contributed by atoms with Gasteiger partial charge in [0.25, 0.3) is 0 Å². The molecule has 3 unspecified atom stereocenters. The van der Waals surface area contributed by atoms with Gasteiger partial charge in [0, 0.05) is 11.8 Å². The highest BCUT2D eigenvalue weighted by molar-refractivity contribution is 7.92. The first kappa shape index (κ1) is 13.0. The molecule has 15 heavy (non-hydrogen) atoms. The second kappa shape index (κ2) is 4.83. The molecule has 1 aliphatic rings. The summed E-state index contributed by atoms with van der Waals surface area (Å²) >= 11 is 0. The zero-order valence-corrected chi connectivity index (χ0v) is 10.8. The topological polar surface area (TPSA) is 60.2 Å². The molecule has 3 nitrogen and oxygen atoms in total. The monoisotopic (exact) mass is 233 g/mol. The first-order valence-electron chi connectivity index (χ1n) is 5.85. The summed E-state index contributed by atoms with van der Waals surface area (Å²) in [6.07, 6.45) is 2.62. The number of sulfone groups is 1. The van der Waals surface area contributed by atoms with Crippen LogP contribution >= 0.6 is 0 Å². The summed E-state index contributed by atoms with van der Waals surface area (Å²) in [4.78, 5) is 0. The molecule has 0 saturated heterocycles. The number of rotatable bonds is 3. The van der Waals surface area contributed by atoms with Crippen LogP contribution in [0.15, 0.2) is 0 Å². The van der Waals surface area contributed by atoms with Gasteiger partial charge in [0.15, 0.2) is 9.84 Å². The third kappa shape index (κ3) is 2.94. The average Bonchev–Trinajstić information content (AvgIpc) is 2.17. The lowest BCUT2D eigenvalue weighted by Crippen LogP contribution is -2.46. The minimum absolute atomic E-state index is 0.156. The molecule has 1 fully saturated rings. The van der Waals surface area contributed by atoms with Crippen molar-refractivity contribution in [3.8, 4) is 0 Å². The van der Waals surface area contributed by atoms with Crippen molar-refractivity contribution in [2.24, 2.45) is 17.6 Å². The molecule has 0 spiro atoms. The first-order chi connectivity index (χ1) is 6.88. The quantitative estimate of drug-likeness (QED) is 0.805. The zero-order valence-electron chi connectivity index (χ0n) is 9.94. The highest BCUT2D eigenvalue weighted by atomic mass is 32.2. The summed E-state index contributed by atoms with van der Waals surface area (Å²) in [6.45, 7) is 6.08. The molecular formula is C11H23NO2S. The lowest BCUT2D eigenvalue weighted by Gasteiger charge is -2.35. The SMILES string of the molecule is CCS(=O)(=O)C1CCC(C(C)C)CC1N. The normalized spacial score (nSPS) is 33.3. The molecule has 0 aromatic rings. The van der Waals surface area contributed by atoms with Crippen LogP contribution in [0.2, 0.25) is 0 Å². The lowest BCUT2D eigenvalue weighted by atomic mass is 9.79. The first-order valence-corrected chi connectivity index (χ1v) is 7.57. The maximum Gasteiger partial charge on any atom is 0.154 e. The van der Waals surface area contributed by atoms with Gasteiger partial charge in [-0.2, -0.15) is 0 Å². The highest BCUT2D eigenvalue weighted by Crippen LogP contribution is 2.32. The molecule has 0 bridgehead atoms. The Morgan fingerprint density at radius 2 is 1.93 bits per heavy atom. The Kier molecular flexibility index (Phi) is 4.18. The second-order valence-corrected chi connectivity index (χ2v) is 7.48. The molecule has 1 saturated carbocycles. The van der Waals surface area contributed by atoms with Crippen LogP contribution in [0.5, 0.6) is 0 Å². The molecule has 0 aromatic carbocycles. The molecule has 2 N–H and O–H groups in total. The van der Waals surface area contributed by atoms with E-state index in [4.69, 9.17) is 5.73 Å². The molecule has 90 valence electrons. The van der Waals surface area contributed by atoms with E-state index in [-0.39, 0.29) is 17.0 Å². The van der Waals surface area contributed by atoms with Crippen molar-refractivity contribution in [1.82, 2.24) is 0 Å². The van der Waals surface area contributed by atoms with Crippen molar-refractivity contribution >= 4 is 9.84 Å². The van der Waals surface area contributed by atoms with Crippen LogP contribution in [-0.4, -0.2) is 25.5 Å². The van der Waals surface area contributed by atoms with Crippen LogP contribution in [0.3, 0.4) is 0 Å². The van der Waals surface area contributed by atoms with Crippen LogP contribution in [-0.2, 0) is 9.84 Å². The maximum absolute atomic E-state index is 11.8. The van der Waals surface area contributed by atoms with Gasteiger partial charge in [-0.1, -0.05) is 20.8 Å². The molecule has 0 amide bonds. The molecule has 1 aliphatic carbocycles. The van der Waals surface area contributed by atoms with E-state index >= 15 is 0 Å². The van der Waals surface area contributed by atoms with Crippen LogP contribution < -0.4 is 5.73 Å². The Balaban J connectivity index is 2.69. The van der Waals surface area contributed by atoms with Gasteiger partial charge in [-0.05, 0) is 31.1 Å². The van der Waals surface area contributed by atoms with E-state index < -0.39 is 9.84 Å². The number of hydrogen-bond donors (Lipinski definition) is 1. The van der Waals surface area contributed by atoms with Crippen LogP contribution in [0, 0.1) is 11.8 Å². The smallest absolute Gasteiger partial charge is 0.154 e. The predicted octanol–water partition coefficient (Wildman–Crippen LogP) is 1.57. The maximum atomic E-state index is 11.8. The van der Waals surface area contributed by atoms with Gasteiger partial charge in [0.1, 0.15) is 0 Å². The molecule has 0 radical (unpaired) electrons. The van der Waals surface area contributed by atoms with Crippen molar-refractivity contribution in [1.29, 1.82) is 0 Å². The fourth-order valence-corrected chi connectivity index (χ4v) is 4.04. The average molecular weight is 233 g/mol. The fraction of sp³-hybridized carbons (Fsp3) is 1.00. The molecule has 4 heteroatoms. The van der Waals surface area contributed by atoms with E-state index in [0.29, 0.717) is 11.8 Å². The summed E-state index contributed by atoms with van der Waals surface area (Å²) in [5, 5.41) is -0.294. The number of nitrogens with two attached hydrogens (primary N) is 1. The summed E-state index contributed by atoms with van der Waals surface area (Å²) < 4.78 is 23.5. The van der Waals surface area contributed by atoms with E-state index in [0.717, 1.165) is 19.3 Å². The highest BCUT2D eigenvalue weighted by Gasteiger charge is 2.36. The van der Waals surface area contributed by atoms with Crippen molar-refractivity contribution in [3.05, 3.63) is 0 Å². The van der Waals surface area contributed by atoms with Crippen LogP contribution in [0.25, 0.3) is 0 Å². The van der Waals surface area contributed by atoms with Crippen molar-refractivity contribution in [2.75, 3.05) is 5.75 Å². The summed E-state index contributed by atoms with van der Waals surface area (Å²) in [7, 11) is -2.94. The van der Waals surface area contributed by atoms with Gasteiger partial charge in [0.2, 0.25) is 0 Å². The predicted molar refractivity (Wildman–Crippen MR) is 63.4 cm³/mol. The summed E-state index contributed by atoms with van der Waals surface area (Å²) in [5.74, 6) is 1.43. The van der Waals surface area contributed by atoms with E-state index in [1.165, 1.54) is 0 Å². The van der Waals surface area contributed by atoms with Crippen LogP contribution in [0.1, 0.15) is 40.0 Å². The Hall–Kier alpha value is -0.0900. The second-order valence-electron chi connectivity index (χ2n) is 4.97. The largest absolute Gasteiger partial charge is 0.327 e. The van der Waals surface area contributed by atoms with E-state index in [9.17, 15) is 8.42 Å². The Bertz CT molecular complexity index is 298. The van der Waals surface area contributed by atoms with E-state index in [1.807, 2.05) is 0 Å². The Labute approximate surface area is 93.3 Å². The third-order valence-electron chi connectivity index (χ3n) is 3.68. The zero-order chi connectivity index (χ0) is 11.6. The molecule has 3 atom stereocenters. The van der Waals surface area contributed by atoms with Crippen molar-refractivity contribution in [2.45, 2.75) is 51.3 Å². The van der Waals surface area contributed by atoms with Gasteiger partial charge in [-0.3, -0.25) is 0 Å².